The zero-order chi connectivity index (χ0) is 13.4. The van der Waals surface area contributed by atoms with Crippen molar-refractivity contribution in [1.82, 2.24) is 10.2 Å². The molecule has 3 N–H and O–H groups in total. The van der Waals surface area contributed by atoms with E-state index in [0.29, 0.717) is 0 Å². The van der Waals surface area contributed by atoms with Crippen molar-refractivity contribution in [1.29, 1.82) is 0 Å². The van der Waals surface area contributed by atoms with E-state index in [9.17, 15) is 0 Å². The fraction of sp³-hybridized carbons (Fsp3) is 0.154. The molecule has 0 fully saturated rings. The molecule has 3 aromatic rings. The summed E-state index contributed by atoms with van der Waals surface area (Å²) < 4.78 is 0.806. The molecular formula is C13H13ClN4S. The summed E-state index contributed by atoms with van der Waals surface area (Å²) in [7, 11) is 2.02. The highest BCUT2D eigenvalue weighted by Crippen LogP contribution is 2.30. The molecular weight excluding hydrogens is 280 g/mol. The molecule has 98 valence electrons. The molecule has 3 rings (SSSR count). The number of thiophene rings is 1. The lowest BCUT2D eigenvalue weighted by Gasteiger charge is -2.20. The van der Waals surface area contributed by atoms with Crippen molar-refractivity contribution in [3.8, 4) is 0 Å². The number of nitrogens with one attached hydrogen (secondary N) is 1. The van der Waals surface area contributed by atoms with Crippen LogP contribution < -0.4 is 10.6 Å². The molecule has 0 spiro atoms. The molecule has 0 aliphatic heterocycles. The van der Waals surface area contributed by atoms with Crippen LogP contribution in [-0.2, 0) is 6.54 Å². The first kappa shape index (κ1) is 12.3. The van der Waals surface area contributed by atoms with Gasteiger partial charge in [-0.05, 0) is 24.3 Å². The molecule has 0 saturated carbocycles. The van der Waals surface area contributed by atoms with Crippen LogP contribution >= 0.6 is 22.9 Å². The second-order valence-corrected chi connectivity index (χ2v) is 6.23. The Bertz CT molecular complexity index is 718. The maximum absolute atomic E-state index is 6.10. The van der Waals surface area contributed by atoms with E-state index in [-0.39, 0.29) is 0 Å². The van der Waals surface area contributed by atoms with Crippen LogP contribution in [-0.4, -0.2) is 17.2 Å². The summed E-state index contributed by atoms with van der Waals surface area (Å²) in [4.78, 5) is 3.31. The number of rotatable bonds is 3. The molecule has 0 saturated heterocycles. The van der Waals surface area contributed by atoms with E-state index in [1.54, 1.807) is 17.5 Å². The number of hydrogen-bond acceptors (Lipinski definition) is 4. The molecule has 0 amide bonds. The number of nitrogens with two attached hydrogens (primary N) is 1. The molecule has 1 aromatic carbocycles. The lowest BCUT2D eigenvalue weighted by atomic mass is 10.2. The number of fused-ring (bicyclic) bond motifs is 1. The number of hydrogen-bond donors (Lipinski definition) is 2. The quantitative estimate of drug-likeness (QED) is 0.727. The monoisotopic (exact) mass is 292 g/mol. The van der Waals surface area contributed by atoms with Gasteiger partial charge in [0.05, 0.1) is 34.0 Å². The van der Waals surface area contributed by atoms with Gasteiger partial charge in [-0.3, -0.25) is 5.10 Å². The lowest BCUT2D eigenvalue weighted by Crippen LogP contribution is -2.17. The van der Waals surface area contributed by atoms with Gasteiger partial charge < -0.3 is 10.6 Å². The van der Waals surface area contributed by atoms with Crippen LogP contribution in [0.5, 0.6) is 0 Å². The van der Waals surface area contributed by atoms with Crippen molar-refractivity contribution in [2.45, 2.75) is 6.54 Å². The summed E-state index contributed by atoms with van der Waals surface area (Å²) >= 11 is 7.53. The number of aromatic amines is 1. The van der Waals surface area contributed by atoms with Crippen molar-refractivity contribution >= 4 is 45.2 Å². The standard InChI is InChI=1S/C13H13ClN4S/c1-18(7-9-2-3-13(14)19-9)12-5-11-8(4-10(12)15)6-16-17-11/h2-6H,7,15H2,1H3,(H,16,17). The van der Waals surface area contributed by atoms with Crippen molar-refractivity contribution in [3.63, 3.8) is 0 Å². The fourth-order valence-electron chi connectivity index (χ4n) is 2.08. The van der Waals surface area contributed by atoms with Crippen LogP contribution in [0.4, 0.5) is 11.4 Å². The maximum Gasteiger partial charge on any atom is 0.0931 e. The summed E-state index contributed by atoms with van der Waals surface area (Å²) in [5, 5.41) is 8.00. The van der Waals surface area contributed by atoms with Crippen LogP contribution in [0, 0.1) is 0 Å². The van der Waals surface area contributed by atoms with Gasteiger partial charge in [0.2, 0.25) is 0 Å². The van der Waals surface area contributed by atoms with Gasteiger partial charge in [0, 0.05) is 17.3 Å². The van der Waals surface area contributed by atoms with Gasteiger partial charge >= 0.3 is 0 Å². The first-order valence-corrected chi connectivity index (χ1v) is 7.01. The molecule has 4 nitrogen and oxygen atoms in total. The Morgan fingerprint density at radius 3 is 3.00 bits per heavy atom. The first-order valence-electron chi connectivity index (χ1n) is 5.81. The van der Waals surface area contributed by atoms with Gasteiger partial charge in [-0.2, -0.15) is 5.10 Å². The number of anilines is 2. The van der Waals surface area contributed by atoms with Crippen LogP contribution in [0.2, 0.25) is 4.34 Å². The average molecular weight is 293 g/mol. The Balaban J connectivity index is 1.91. The second-order valence-electron chi connectivity index (χ2n) is 4.43. The molecule has 6 heteroatoms. The van der Waals surface area contributed by atoms with Gasteiger partial charge in [-0.25, -0.2) is 0 Å². The molecule has 19 heavy (non-hydrogen) atoms. The van der Waals surface area contributed by atoms with Crippen molar-refractivity contribution in [3.05, 3.63) is 39.7 Å². The molecule has 0 unspecified atom stereocenters. The van der Waals surface area contributed by atoms with Gasteiger partial charge in [0.15, 0.2) is 0 Å². The van der Waals surface area contributed by atoms with Gasteiger partial charge in [0.25, 0.3) is 0 Å². The summed E-state index contributed by atoms with van der Waals surface area (Å²) in [6.07, 6.45) is 1.77. The number of nitrogens with zero attached hydrogens (tertiary/aromatic N) is 2. The van der Waals surface area contributed by atoms with Crippen LogP contribution in [0.3, 0.4) is 0 Å². The highest BCUT2D eigenvalue weighted by atomic mass is 35.5. The fourth-order valence-corrected chi connectivity index (χ4v) is 3.22. The summed E-state index contributed by atoms with van der Waals surface area (Å²) in [5.74, 6) is 0. The molecule has 2 aromatic heterocycles. The number of benzene rings is 1. The van der Waals surface area contributed by atoms with Crippen molar-refractivity contribution < 1.29 is 0 Å². The Labute approximate surface area is 119 Å². The number of aromatic nitrogens is 2. The zero-order valence-electron chi connectivity index (χ0n) is 10.4. The predicted octanol–water partition coefficient (Wildman–Crippen LogP) is 3.50. The van der Waals surface area contributed by atoms with E-state index in [2.05, 4.69) is 15.1 Å². The highest BCUT2D eigenvalue weighted by Gasteiger charge is 2.10. The average Bonchev–Trinajstić information content (AvgIpc) is 2.96. The summed E-state index contributed by atoms with van der Waals surface area (Å²) in [6.45, 7) is 0.779. The van der Waals surface area contributed by atoms with E-state index in [1.807, 2.05) is 31.3 Å². The molecule has 0 atom stereocenters. The minimum absolute atomic E-state index is 0.749. The molecule has 0 radical (unpaired) electrons. The van der Waals surface area contributed by atoms with E-state index in [1.165, 1.54) is 4.88 Å². The van der Waals surface area contributed by atoms with E-state index < -0.39 is 0 Å². The molecule has 0 aliphatic carbocycles. The third kappa shape index (κ3) is 2.39. The van der Waals surface area contributed by atoms with Gasteiger partial charge in [0.1, 0.15) is 0 Å². The third-order valence-electron chi connectivity index (χ3n) is 3.02. The van der Waals surface area contributed by atoms with Gasteiger partial charge in [-0.15, -0.1) is 11.3 Å². The highest BCUT2D eigenvalue weighted by molar-refractivity contribution is 7.16. The Hall–Kier alpha value is -1.72. The number of nitrogen functional groups attached to an aromatic ring is 1. The second kappa shape index (κ2) is 4.75. The van der Waals surface area contributed by atoms with E-state index >= 15 is 0 Å². The minimum atomic E-state index is 0.749. The number of H-pyrrole nitrogens is 1. The Kier molecular flexibility index (Phi) is 3.08. The smallest absolute Gasteiger partial charge is 0.0931 e. The SMILES string of the molecule is CN(Cc1ccc(Cl)s1)c1cc2[nH]ncc2cc1N. The maximum atomic E-state index is 6.10. The van der Waals surface area contributed by atoms with Crippen LogP contribution in [0.15, 0.2) is 30.5 Å². The summed E-state index contributed by atoms with van der Waals surface area (Å²) in [6, 6.07) is 7.91. The van der Waals surface area contributed by atoms with Crippen molar-refractivity contribution in [2.75, 3.05) is 17.7 Å². The van der Waals surface area contributed by atoms with Crippen LogP contribution in [0.1, 0.15) is 4.88 Å². The minimum Gasteiger partial charge on any atom is -0.397 e. The van der Waals surface area contributed by atoms with Crippen LogP contribution in [0.25, 0.3) is 10.9 Å². The lowest BCUT2D eigenvalue weighted by molar-refractivity contribution is 0.943. The molecule has 0 bridgehead atoms. The summed E-state index contributed by atoms with van der Waals surface area (Å²) in [5.41, 5.74) is 8.82. The Morgan fingerprint density at radius 1 is 1.42 bits per heavy atom. The topological polar surface area (TPSA) is 57.9 Å². The Morgan fingerprint density at radius 2 is 2.26 bits per heavy atom. The third-order valence-corrected chi connectivity index (χ3v) is 4.24. The van der Waals surface area contributed by atoms with E-state index in [4.69, 9.17) is 17.3 Å². The molecule has 0 aliphatic rings. The normalized spacial score (nSPS) is 11.1. The van der Waals surface area contributed by atoms with Gasteiger partial charge in [-0.1, -0.05) is 11.6 Å². The number of halogens is 1. The van der Waals surface area contributed by atoms with Crippen molar-refractivity contribution in [2.24, 2.45) is 0 Å². The predicted molar refractivity (Wildman–Crippen MR) is 81.9 cm³/mol. The van der Waals surface area contributed by atoms with E-state index in [0.717, 1.165) is 33.2 Å². The molecule has 2 heterocycles. The first-order chi connectivity index (χ1) is 9.13. The largest absolute Gasteiger partial charge is 0.397 e. The zero-order valence-corrected chi connectivity index (χ0v) is 11.9.